The van der Waals surface area contributed by atoms with Crippen LogP contribution in [0.3, 0.4) is 0 Å². The van der Waals surface area contributed by atoms with Crippen molar-refractivity contribution in [3.63, 3.8) is 0 Å². The second-order valence-electron chi connectivity index (χ2n) is 4.08. The Balaban J connectivity index is 2.15. The Morgan fingerprint density at radius 2 is 1.57 bits per heavy atom. The number of hydrogen-bond donors (Lipinski definition) is 2. The van der Waals surface area contributed by atoms with Crippen molar-refractivity contribution in [1.82, 2.24) is 0 Å². The number of aliphatic imine (C=N–C) groups is 1. The van der Waals surface area contributed by atoms with Crippen molar-refractivity contribution < 1.29 is 9.53 Å². The van der Waals surface area contributed by atoms with Gasteiger partial charge in [-0.1, -0.05) is 23.2 Å². The lowest BCUT2D eigenvalue weighted by Crippen LogP contribution is -2.21. The van der Waals surface area contributed by atoms with E-state index >= 15 is 0 Å². The van der Waals surface area contributed by atoms with Crippen LogP contribution in [-0.2, 0) is 0 Å². The normalized spacial score (nSPS) is 10.0. The molecule has 0 aliphatic rings. The molecule has 0 fully saturated rings. The summed E-state index contributed by atoms with van der Waals surface area (Å²) >= 11 is 11.7. The molecule has 0 spiro atoms. The van der Waals surface area contributed by atoms with E-state index in [0.29, 0.717) is 21.3 Å². The number of guanidine groups is 1. The molecule has 0 saturated heterocycles. The van der Waals surface area contributed by atoms with Gasteiger partial charge >= 0.3 is 5.97 Å². The van der Waals surface area contributed by atoms with Gasteiger partial charge in [0, 0.05) is 10.0 Å². The summed E-state index contributed by atoms with van der Waals surface area (Å²) in [6, 6.07) is 10.8. The lowest BCUT2D eigenvalue weighted by molar-refractivity contribution is 0.0735. The smallest absolute Gasteiger partial charge is 0.343 e. The maximum atomic E-state index is 12.0. The molecule has 0 aliphatic heterocycles. The summed E-state index contributed by atoms with van der Waals surface area (Å²) < 4.78 is 5.19. The molecule has 21 heavy (non-hydrogen) atoms. The molecule has 5 nitrogen and oxygen atoms in total. The fraction of sp³-hybridized carbons (Fsp3) is 0. The van der Waals surface area contributed by atoms with E-state index in [9.17, 15) is 4.79 Å². The highest BCUT2D eigenvalue weighted by atomic mass is 35.5. The monoisotopic (exact) mass is 323 g/mol. The molecule has 0 radical (unpaired) electrons. The van der Waals surface area contributed by atoms with Crippen LogP contribution in [0, 0.1) is 0 Å². The number of nitrogens with two attached hydrogens (primary N) is 2. The van der Waals surface area contributed by atoms with E-state index in [0.717, 1.165) is 0 Å². The molecular formula is C14H11Cl2N3O2. The van der Waals surface area contributed by atoms with Gasteiger partial charge in [-0.3, -0.25) is 0 Å². The van der Waals surface area contributed by atoms with Crippen LogP contribution < -0.4 is 16.2 Å². The molecule has 0 aromatic heterocycles. The second kappa shape index (κ2) is 6.47. The van der Waals surface area contributed by atoms with Gasteiger partial charge in [0.15, 0.2) is 5.96 Å². The molecule has 0 atom stereocenters. The average molecular weight is 324 g/mol. The Morgan fingerprint density at radius 3 is 2.10 bits per heavy atom. The van der Waals surface area contributed by atoms with Crippen LogP contribution in [0.15, 0.2) is 47.5 Å². The molecule has 2 rings (SSSR count). The van der Waals surface area contributed by atoms with Gasteiger partial charge in [0.25, 0.3) is 0 Å². The van der Waals surface area contributed by atoms with E-state index in [1.165, 1.54) is 12.1 Å². The van der Waals surface area contributed by atoms with Crippen molar-refractivity contribution in [2.75, 3.05) is 0 Å². The van der Waals surface area contributed by atoms with E-state index in [4.69, 9.17) is 39.4 Å². The number of nitrogens with zero attached hydrogens (tertiary/aromatic N) is 1. The highest BCUT2D eigenvalue weighted by Crippen LogP contribution is 2.25. The van der Waals surface area contributed by atoms with Gasteiger partial charge in [-0.15, -0.1) is 0 Å². The summed E-state index contributed by atoms with van der Waals surface area (Å²) in [5.74, 6) is -0.325. The van der Waals surface area contributed by atoms with Crippen molar-refractivity contribution in [2.24, 2.45) is 16.5 Å². The van der Waals surface area contributed by atoms with E-state index in [2.05, 4.69) is 4.99 Å². The van der Waals surface area contributed by atoms with Gasteiger partial charge < -0.3 is 16.2 Å². The molecule has 4 N–H and O–H groups in total. The number of ether oxygens (including phenoxy) is 1. The lowest BCUT2D eigenvalue weighted by Gasteiger charge is -2.05. The first-order valence-corrected chi connectivity index (χ1v) is 6.57. The Hall–Kier alpha value is -2.24. The van der Waals surface area contributed by atoms with Gasteiger partial charge in [-0.05, 0) is 42.5 Å². The van der Waals surface area contributed by atoms with Crippen molar-refractivity contribution >= 4 is 40.8 Å². The van der Waals surface area contributed by atoms with Crippen LogP contribution in [0.2, 0.25) is 10.0 Å². The van der Waals surface area contributed by atoms with Crippen molar-refractivity contribution in [3.05, 3.63) is 58.1 Å². The molecule has 108 valence electrons. The van der Waals surface area contributed by atoms with Gasteiger partial charge in [0.05, 0.1) is 11.3 Å². The Bertz CT molecular complexity index is 676. The van der Waals surface area contributed by atoms with Crippen LogP contribution >= 0.6 is 23.2 Å². The van der Waals surface area contributed by atoms with Gasteiger partial charge in [-0.2, -0.15) is 0 Å². The number of halogens is 2. The number of benzene rings is 2. The molecule has 2 aromatic rings. The summed E-state index contributed by atoms with van der Waals surface area (Å²) in [7, 11) is 0. The third-order valence-corrected chi connectivity index (χ3v) is 2.84. The number of hydrogen-bond acceptors (Lipinski definition) is 3. The largest absolute Gasteiger partial charge is 0.423 e. The number of carbonyl (C=O) groups is 1. The van der Waals surface area contributed by atoms with Crippen LogP contribution in [0.5, 0.6) is 5.75 Å². The molecule has 0 unspecified atom stereocenters. The fourth-order valence-electron chi connectivity index (χ4n) is 1.57. The zero-order valence-electron chi connectivity index (χ0n) is 10.7. The summed E-state index contributed by atoms with van der Waals surface area (Å²) in [6.45, 7) is 0. The van der Waals surface area contributed by atoms with Gasteiger partial charge in [0.1, 0.15) is 5.75 Å². The van der Waals surface area contributed by atoms with Gasteiger partial charge in [-0.25, -0.2) is 9.79 Å². The van der Waals surface area contributed by atoms with Crippen LogP contribution in [0.1, 0.15) is 10.4 Å². The first-order valence-electron chi connectivity index (χ1n) is 5.82. The van der Waals surface area contributed by atoms with Crippen molar-refractivity contribution in [1.29, 1.82) is 0 Å². The van der Waals surface area contributed by atoms with Crippen LogP contribution in [0.4, 0.5) is 5.69 Å². The molecule has 0 bridgehead atoms. The van der Waals surface area contributed by atoms with E-state index < -0.39 is 5.97 Å². The minimum atomic E-state index is -0.537. The highest BCUT2D eigenvalue weighted by Gasteiger charge is 2.09. The molecule has 0 heterocycles. The molecule has 2 aromatic carbocycles. The first-order chi connectivity index (χ1) is 9.94. The van der Waals surface area contributed by atoms with Gasteiger partial charge in [0.2, 0.25) is 0 Å². The zero-order chi connectivity index (χ0) is 15.4. The van der Waals surface area contributed by atoms with Crippen LogP contribution in [-0.4, -0.2) is 11.9 Å². The number of carbonyl (C=O) groups excluding carboxylic acids is 1. The fourth-order valence-corrected chi connectivity index (χ4v) is 2.08. The Morgan fingerprint density at radius 1 is 1.00 bits per heavy atom. The lowest BCUT2D eigenvalue weighted by atomic mass is 10.2. The Labute approximate surface area is 131 Å². The van der Waals surface area contributed by atoms with E-state index in [1.54, 1.807) is 30.3 Å². The highest BCUT2D eigenvalue weighted by molar-refractivity contribution is 6.34. The van der Waals surface area contributed by atoms with E-state index in [1.807, 2.05) is 0 Å². The number of esters is 1. The Kier molecular flexibility index (Phi) is 4.67. The maximum absolute atomic E-state index is 12.0. The molecular weight excluding hydrogens is 313 g/mol. The topological polar surface area (TPSA) is 90.7 Å². The first kappa shape index (κ1) is 15.2. The molecule has 0 amide bonds. The third kappa shape index (κ3) is 4.37. The minimum absolute atomic E-state index is 0.0566. The number of rotatable bonds is 3. The van der Waals surface area contributed by atoms with E-state index in [-0.39, 0.29) is 11.7 Å². The summed E-state index contributed by atoms with van der Waals surface area (Å²) in [5.41, 5.74) is 11.4. The SMILES string of the molecule is NC(N)=Nc1ccc(C(=O)Oc2cc(Cl)cc(Cl)c2)cc1. The molecule has 7 heteroatoms. The third-order valence-electron chi connectivity index (χ3n) is 2.41. The molecule has 0 saturated carbocycles. The van der Waals surface area contributed by atoms with Crippen molar-refractivity contribution in [3.8, 4) is 5.75 Å². The summed E-state index contributed by atoms with van der Waals surface area (Å²) in [5, 5.41) is 0.766. The molecule has 0 aliphatic carbocycles. The quantitative estimate of drug-likeness (QED) is 0.393. The predicted molar refractivity (Wildman–Crippen MR) is 83.3 cm³/mol. The maximum Gasteiger partial charge on any atom is 0.343 e. The second-order valence-corrected chi connectivity index (χ2v) is 4.95. The predicted octanol–water partition coefficient (Wildman–Crippen LogP) is 3.12. The van der Waals surface area contributed by atoms with Crippen molar-refractivity contribution in [2.45, 2.75) is 0 Å². The average Bonchev–Trinajstić information content (AvgIpc) is 2.37. The van der Waals surface area contributed by atoms with Crippen LogP contribution in [0.25, 0.3) is 0 Å². The summed E-state index contributed by atoms with van der Waals surface area (Å²) in [4.78, 5) is 15.8. The standard InChI is InChI=1S/C14H11Cl2N3O2/c15-9-5-10(16)7-12(6-9)21-13(20)8-1-3-11(4-2-8)19-14(17)18/h1-7H,(H4,17,18,19). The minimum Gasteiger partial charge on any atom is -0.423 e. The zero-order valence-corrected chi connectivity index (χ0v) is 12.2. The summed E-state index contributed by atoms with van der Waals surface area (Å²) in [6.07, 6.45) is 0.